The van der Waals surface area contributed by atoms with Gasteiger partial charge in [-0.05, 0) is 19.3 Å². The largest absolute Gasteiger partial charge is 0.319 e. The Balaban J connectivity index is 3.03. The van der Waals surface area contributed by atoms with Crippen LogP contribution in [0, 0.1) is 5.41 Å². The second kappa shape index (κ2) is 4.35. The van der Waals surface area contributed by atoms with Crippen molar-refractivity contribution < 1.29 is 14.4 Å². The number of imide groups is 1. The van der Waals surface area contributed by atoms with E-state index in [1.807, 2.05) is 20.8 Å². The van der Waals surface area contributed by atoms with E-state index in [1.54, 1.807) is 13.8 Å². The number of carbonyl (C=O) groups excluding carboxylic acids is 3. The van der Waals surface area contributed by atoms with Gasteiger partial charge in [0.25, 0.3) is 5.91 Å². The maximum absolute atomic E-state index is 12.3. The molecule has 0 bridgehead atoms. The van der Waals surface area contributed by atoms with Gasteiger partial charge in [0.05, 0.1) is 6.04 Å². The molecule has 6 nitrogen and oxygen atoms in total. The summed E-state index contributed by atoms with van der Waals surface area (Å²) in [7, 11) is 0. The number of nitrogens with zero attached hydrogens (tertiary/aromatic N) is 1. The van der Waals surface area contributed by atoms with Gasteiger partial charge in [-0.2, -0.15) is 0 Å². The number of piperazine rings is 1. The molecule has 1 aliphatic rings. The third-order valence-electron chi connectivity index (χ3n) is 3.25. The van der Waals surface area contributed by atoms with Crippen molar-refractivity contribution in [1.82, 2.24) is 10.2 Å². The first kappa shape index (κ1) is 14.6. The van der Waals surface area contributed by atoms with Gasteiger partial charge in [0, 0.05) is 0 Å². The molecule has 102 valence electrons. The average Bonchev–Trinajstić information content (AvgIpc) is 2.20. The van der Waals surface area contributed by atoms with Crippen LogP contribution >= 0.6 is 0 Å². The average molecular weight is 255 g/mol. The maximum atomic E-state index is 12.3. The Hall–Kier alpha value is -1.43. The lowest BCUT2D eigenvalue weighted by molar-refractivity contribution is -0.157. The van der Waals surface area contributed by atoms with Gasteiger partial charge in [0.1, 0.15) is 12.1 Å². The molecule has 1 fully saturated rings. The standard InChI is InChI=1S/C12H21N3O3/c1-11(2,3)8(13)9(17)15-6-7(16)14-10(18)12(15,4)5/h8H,6,13H2,1-5H3,(H,14,16,18)/t8-/m0/s1. The molecule has 0 aromatic rings. The molecule has 18 heavy (non-hydrogen) atoms. The quantitative estimate of drug-likeness (QED) is 0.625. The van der Waals surface area contributed by atoms with E-state index in [0.29, 0.717) is 0 Å². The molecule has 0 aromatic carbocycles. The molecule has 3 N–H and O–H groups in total. The molecule has 1 heterocycles. The van der Waals surface area contributed by atoms with Crippen molar-refractivity contribution in [3.63, 3.8) is 0 Å². The minimum Gasteiger partial charge on any atom is -0.319 e. The van der Waals surface area contributed by atoms with E-state index in [-0.39, 0.29) is 12.5 Å². The van der Waals surface area contributed by atoms with Gasteiger partial charge < -0.3 is 10.6 Å². The van der Waals surface area contributed by atoms with Crippen molar-refractivity contribution in [1.29, 1.82) is 0 Å². The number of hydrogen-bond donors (Lipinski definition) is 2. The van der Waals surface area contributed by atoms with E-state index in [1.165, 1.54) is 4.90 Å². The zero-order chi connectivity index (χ0) is 14.3. The highest BCUT2D eigenvalue weighted by Crippen LogP contribution is 2.24. The van der Waals surface area contributed by atoms with Gasteiger partial charge in [-0.15, -0.1) is 0 Å². The summed E-state index contributed by atoms with van der Waals surface area (Å²) < 4.78 is 0. The number of rotatable bonds is 1. The predicted molar refractivity (Wildman–Crippen MR) is 66.4 cm³/mol. The van der Waals surface area contributed by atoms with Crippen LogP contribution in [0.25, 0.3) is 0 Å². The van der Waals surface area contributed by atoms with E-state index < -0.39 is 28.8 Å². The van der Waals surface area contributed by atoms with Crippen LogP contribution in [0.2, 0.25) is 0 Å². The number of hydrogen-bond acceptors (Lipinski definition) is 4. The van der Waals surface area contributed by atoms with Crippen molar-refractivity contribution in [2.24, 2.45) is 11.1 Å². The lowest BCUT2D eigenvalue weighted by Gasteiger charge is -2.42. The molecule has 3 amide bonds. The Morgan fingerprint density at radius 3 is 2.33 bits per heavy atom. The monoisotopic (exact) mass is 255 g/mol. The third-order valence-corrected chi connectivity index (χ3v) is 3.25. The summed E-state index contributed by atoms with van der Waals surface area (Å²) in [4.78, 5) is 36.7. The Kier molecular flexibility index (Phi) is 3.53. The molecular weight excluding hydrogens is 234 g/mol. The zero-order valence-electron chi connectivity index (χ0n) is 11.5. The molecule has 1 saturated heterocycles. The highest BCUT2D eigenvalue weighted by atomic mass is 16.2. The lowest BCUT2D eigenvalue weighted by atomic mass is 9.85. The minimum absolute atomic E-state index is 0.138. The van der Waals surface area contributed by atoms with E-state index in [4.69, 9.17) is 5.73 Å². The maximum Gasteiger partial charge on any atom is 0.252 e. The van der Waals surface area contributed by atoms with E-state index in [2.05, 4.69) is 5.32 Å². The van der Waals surface area contributed by atoms with Crippen LogP contribution in [0.1, 0.15) is 34.6 Å². The fourth-order valence-electron chi connectivity index (χ4n) is 1.67. The summed E-state index contributed by atoms with van der Waals surface area (Å²) in [6, 6.07) is -0.754. The summed E-state index contributed by atoms with van der Waals surface area (Å²) in [5, 5.41) is 2.22. The number of nitrogens with one attached hydrogen (secondary N) is 1. The van der Waals surface area contributed by atoms with Crippen LogP contribution in [0.5, 0.6) is 0 Å². The molecule has 0 unspecified atom stereocenters. The molecule has 6 heteroatoms. The van der Waals surface area contributed by atoms with Crippen LogP contribution in [0.15, 0.2) is 0 Å². The van der Waals surface area contributed by atoms with Crippen LogP contribution in [0.3, 0.4) is 0 Å². The summed E-state index contributed by atoms with van der Waals surface area (Å²) in [5.41, 5.74) is 4.41. The second-order valence-electron chi connectivity index (χ2n) is 6.20. The molecule has 1 atom stereocenters. The van der Waals surface area contributed by atoms with Crippen LogP contribution in [-0.4, -0.2) is 40.7 Å². The van der Waals surface area contributed by atoms with Gasteiger partial charge in [-0.3, -0.25) is 19.7 Å². The van der Waals surface area contributed by atoms with Crippen LogP contribution < -0.4 is 11.1 Å². The van der Waals surface area contributed by atoms with Crippen molar-refractivity contribution in [2.75, 3.05) is 6.54 Å². The van der Waals surface area contributed by atoms with Crippen molar-refractivity contribution in [3.8, 4) is 0 Å². The lowest BCUT2D eigenvalue weighted by Crippen LogP contribution is -2.68. The summed E-state index contributed by atoms with van der Waals surface area (Å²) in [6.45, 7) is 8.59. The highest BCUT2D eigenvalue weighted by molar-refractivity contribution is 6.06. The topological polar surface area (TPSA) is 92.5 Å². The molecule has 1 rings (SSSR count). The van der Waals surface area contributed by atoms with E-state index >= 15 is 0 Å². The van der Waals surface area contributed by atoms with Gasteiger partial charge in [-0.1, -0.05) is 20.8 Å². The molecule has 0 radical (unpaired) electrons. The predicted octanol–water partition coefficient (Wildman–Crippen LogP) is -0.377. The Labute approximate surface area is 107 Å². The fourth-order valence-corrected chi connectivity index (χ4v) is 1.67. The van der Waals surface area contributed by atoms with Gasteiger partial charge >= 0.3 is 0 Å². The third kappa shape index (κ3) is 2.53. The Morgan fingerprint density at radius 1 is 1.39 bits per heavy atom. The first-order valence-corrected chi connectivity index (χ1v) is 5.89. The minimum atomic E-state index is -1.06. The normalized spacial score (nSPS) is 21.6. The molecule has 0 spiro atoms. The highest BCUT2D eigenvalue weighted by Gasteiger charge is 2.46. The molecule has 1 aliphatic heterocycles. The van der Waals surface area contributed by atoms with Gasteiger partial charge in [0.2, 0.25) is 11.8 Å². The van der Waals surface area contributed by atoms with Crippen molar-refractivity contribution in [3.05, 3.63) is 0 Å². The first-order chi connectivity index (χ1) is 7.98. The van der Waals surface area contributed by atoms with E-state index in [0.717, 1.165) is 0 Å². The SMILES string of the molecule is CC(C)(C)[C@@H](N)C(=O)N1CC(=O)NC(=O)C1(C)C. The molecule has 0 aliphatic carbocycles. The Bertz CT molecular complexity index is 396. The summed E-state index contributed by atoms with van der Waals surface area (Å²) >= 11 is 0. The van der Waals surface area contributed by atoms with Crippen molar-refractivity contribution >= 4 is 17.7 Å². The van der Waals surface area contributed by atoms with Gasteiger partial charge in [0.15, 0.2) is 0 Å². The fraction of sp³-hybridized carbons (Fsp3) is 0.750. The summed E-state index contributed by atoms with van der Waals surface area (Å²) in [5.74, 6) is -1.34. The Morgan fingerprint density at radius 2 is 1.89 bits per heavy atom. The second-order valence-corrected chi connectivity index (χ2v) is 6.20. The number of carbonyl (C=O) groups is 3. The smallest absolute Gasteiger partial charge is 0.252 e. The van der Waals surface area contributed by atoms with E-state index in [9.17, 15) is 14.4 Å². The molecule has 0 saturated carbocycles. The summed E-state index contributed by atoms with van der Waals surface area (Å²) in [6.07, 6.45) is 0. The molecule has 0 aromatic heterocycles. The number of nitrogens with two attached hydrogens (primary N) is 1. The zero-order valence-corrected chi connectivity index (χ0v) is 11.5. The van der Waals surface area contributed by atoms with Gasteiger partial charge in [-0.25, -0.2) is 0 Å². The molecular formula is C12H21N3O3. The van der Waals surface area contributed by atoms with Crippen LogP contribution in [-0.2, 0) is 14.4 Å². The van der Waals surface area contributed by atoms with Crippen molar-refractivity contribution in [2.45, 2.75) is 46.2 Å². The van der Waals surface area contributed by atoms with Crippen LogP contribution in [0.4, 0.5) is 0 Å². The first-order valence-electron chi connectivity index (χ1n) is 5.89. The number of amides is 3.